The second-order valence-corrected chi connectivity index (χ2v) is 5.87. The smallest absolute Gasteiger partial charge is 0.225 e. The lowest BCUT2D eigenvalue weighted by Gasteiger charge is -2.32. The Morgan fingerprint density at radius 3 is 2.68 bits per heavy atom. The van der Waals surface area contributed by atoms with E-state index >= 15 is 0 Å². The molecule has 1 aliphatic heterocycles. The third-order valence-corrected chi connectivity index (χ3v) is 4.30. The second kappa shape index (κ2) is 6.29. The number of carbonyl (C=O) groups excluding carboxylic acids is 1. The van der Waals surface area contributed by atoms with Gasteiger partial charge in [-0.1, -0.05) is 0 Å². The van der Waals surface area contributed by atoms with Crippen molar-refractivity contribution in [3.05, 3.63) is 12.4 Å². The Labute approximate surface area is 130 Å². The summed E-state index contributed by atoms with van der Waals surface area (Å²) in [7, 11) is 1.66. The number of aliphatic imine (C=N–C) groups is 2. The molecule has 1 saturated heterocycles. The van der Waals surface area contributed by atoms with Gasteiger partial charge >= 0.3 is 0 Å². The number of rotatable bonds is 3. The van der Waals surface area contributed by atoms with E-state index in [0.29, 0.717) is 23.8 Å². The highest BCUT2D eigenvalue weighted by Crippen LogP contribution is 2.33. The fraction of sp³-hybridized carbons (Fsp3) is 0.600. The van der Waals surface area contributed by atoms with Gasteiger partial charge in [0.05, 0.1) is 17.9 Å². The monoisotopic (exact) mass is 302 g/mol. The molecule has 1 saturated carbocycles. The molecule has 2 fully saturated rings. The molecular weight excluding hydrogens is 280 g/mol. The van der Waals surface area contributed by atoms with Crippen LogP contribution in [0.5, 0.6) is 0 Å². The van der Waals surface area contributed by atoms with Crippen LogP contribution >= 0.6 is 0 Å². The number of nitrogens with one attached hydrogen (secondary N) is 1. The first kappa shape index (κ1) is 14.7. The van der Waals surface area contributed by atoms with Gasteiger partial charge in [-0.25, -0.2) is 4.99 Å². The predicted molar refractivity (Wildman–Crippen MR) is 86.3 cm³/mol. The second-order valence-electron chi connectivity index (χ2n) is 5.87. The minimum absolute atomic E-state index is 0.315. The maximum absolute atomic E-state index is 12.1. The Bertz CT molecular complexity index is 581. The summed E-state index contributed by atoms with van der Waals surface area (Å²) < 4.78 is 1.97. The van der Waals surface area contributed by atoms with Crippen LogP contribution < -0.4 is 5.32 Å². The average molecular weight is 302 g/mol. The van der Waals surface area contributed by atoms with Crippen molar-refractivity contribution in [1.82, 2.24) is 14.7 Å². The lowest BCUT2D eigenvalue weighted by molar-refractivity contribution is -0.133. The molecule has 0 bridgehead atoms. The highest BCUT2D eigenvalue weighted by atomic mass is 16.2. The van der Waals surface area contributed by atoms with Crippen LogP contribution in [0, 0.1) is 5.92 Å². The van der Waals surface area contributed by atoms with Gasteiger partial charge in [0.1, 0.15) is 0 Å². The number of likely N-dealkylation sites (tertiary alicyclic amines) is 1. The Kier molecular flexibility index (Phi) is 4.22. The summed E-state index contributed by atoms with van der Waals surface area (Å²) in [6.45, 7) is 5.12. The van der Waals surface area contributed by atoms with E-state index in [2.05, 4.69) is 27.1 Å². The maximum atomic E-state index is 12.1. The van der Waals surface area contributed by atoms with Crippen molar-refractivity contribution in [3.63, 3.8) is 0 Å². The summed E-state index contributed by atoms with van der Waals surface area (Å²) >= 11 is 0. The number of carbonyl (C=O) groups is 1. The Hall–Kier alpha value is -2.18. The minimum atomic E-state index is 0.315. The molecule has 1 aliphatic carbocycles. The summed E-state index contributed by atoms with van der Waals surface area (Å²) in [6, 6.07) is 0.345. The summed E-state index contributed by atoms with van der Waals surface area (Å²) in [4.78, 5) is 21.8. The standard InChI is InChI=1S/C15H22N6O/c1-16-15(17-2)19-12-9-18-21(10-12)13-5-7-20(8-6-13)14(22)11-3-4-11/h9-11,13H,1,3-8H2,2H3,(H,17,19). The zero-order valence-corrected chi connectivity index (χ0v) is 12.9. The summed E-state index contributed by atoms with van der Waals surface area (Å²) in [5.41, 5.74) is 0.851. The first-order valence-corrected chi connectivity index (χ1v) is 7.74. The van der Waals surface area contributed by atoms with Crippen molar-refractivity contribution < 1.29 is 4.79 Å². The molecule has 1 aromatic rings. The van der Waals surface area contributed by atoms with Gasteiger partial charge in [-0.3, -0.25) is 14.5 Å². The Morgan fingerprint density at radius 2 is 2.09 bits per heavy atom. The van der Waals surface area contributed by atoms with Crippen molar-refractivity contribution in [2.75, 3.05) is 25.5 Å². The molecule has 118 valence electrons. The molecule has 1 amide bonds. The maximum Gasteiger partial charge on any atom is 0.225 e. The van der Waals surface area contributed by atoms with Gasteiger partial charge in [-0.05, 0) is 32.4 Å². The minimum Gasteiger partial charge on any atom is -0.342 e. The average Bonchev–Trinajstić information content (AvgIpc) is 3.31. The van der Waals surface area contributed by atoms with E-state index in [-0.39, 0.29) is 0 Å². The van der Waals surface area contributed by atoms with E-state index in [1.54, 1.807) is 13.2 Å². The molecule has 2 aliphatic rings. The molecule has 0 unspecified atom stereocenters. The van der Waals surface area contributed by atoms with E-state index in [1.807, 2.05) is 15.8 Å². The van der Waals surface area contributed by atoms with E-state index in [4.69, 9.17) is 0 Å². The molecular formula is C15H22N6O. The Morgan fingerprint density at radius 1 is 1.36 bits per heavy atom. The van der Waals surface area contributed by atoms with Gasteiger partial charge in [0, 0.05) is 32.3 Å². The van der Waals surface area contributed by atoms with Gasteiger partial charge < -0.3 is 10.2 Å². The molecule has 1 N–H and O–H groups in total. The lowest BCUT2D eigenvalue weighted by atomic mass is 10.0. The molecule has 0 spiro atoms. The quantitative estimate of drug-likeness (QED) is 0.680. The molecule has 7 heteroatoms. The number of piperidine rings is 1. The first-order valence-electron chi connectivity index (χ1n) is 7.74. The van der Waals surface area contributed by atoms with Crippen LogP contribution in [0.1, 0.15) is 31.7 Å². The zero-order chi connectivity index (χ0) is 15.5. The van der Waals surface area contributed by atoms with Crippen LogP contribution in [0.25, 0.3) is 0 Å². The highest BCUT2D eigenvalue weighted by molar-refractivity contribution is 5.96. The fourth-order valence-electron chi connectivity index (χ4n) is 2.84. The third-order valence-electron chi connectivity index (χ3n) is 4.30. The van der Waals surface area contributed by atoms with E-state index in [0.717, 1.165) is 44.5 Å². The summed E-state index contributed by atoms with van der Waals surface area (Å²) in [5.74, 6) is 1.14. The normalized spacial score (nSPS) is 20.0. The van der Waals surface area contributed by atoms with Crippen LogP contribution in [-0.4, -0.2) is 53.4 Å². The van der Waals surface area contributed by atoms with E-state index in [1.165, 1.54) is 0 Å². The summed E-state index contributed by atoms with van der Waals surface area (Å²) in [5, 5.41) is 7.47. The number of nitrogens with zero attached hydrogens (tertiary/aromatic N) is 5. The molecule has 7 nitrogen and oxygen atoms in total. The Balaban J connectivity index is 1.56. The van der Waals surface area contributed by atoms with Crippen LogP contribution in [0.2, 0.25) is 0 Å². The molecule has 0 radical (unpaired) electrons. The van der Waals surface area contributed by atoms with Gasteiger partial charge in [0.15, 0.2) is 0 Å². The number of guanidine groups is 1. The fourth-order valence-corrected chi connectivity index (χ4v) is 2.84. The van der Waals surface area contributed by atoms with E-state index in [9.17, 15) is 4.79 Å². The summed E-state index contributed by atoms with van der Waals surface area (Å²) in [6.07, 6.45) is 7.77. The van der Waals surface area contributed by atoms with Crippen LogP contribution in [0.3, 0.4) is 0 Å². The van der Waals surface area contributed by atoms with Crippen LogP contribution in [-0.2, 0) is 4.79 Å². The number of aromatic nitrogens is 2. The van der Waals surface area contributed by atoms with Crippen molar-refractivity contribution in [2.24, 2.45) is 15.9 Å². The molecule has 22 heavy (non-hydrogen) atoms. The van der Waals surface area contributed by atoms with Crippen molar-refractivity contribution in [3.8, 4) is 0 Å². The molecule has 0 aromatic carbocycles. The largest absolute Gasteiger partial charge is 0.342 e. The molecule has 2 heterocycles. The zero-order valence-electron chi connectivity index (χ0n) is 12.9. The third kappa shape index (κ3) is 3.18. The van der Waals surface area contributed by atoms with Gasteiger partial charge in [-0.15, -0.1) is 0 Å². The van der Waals surface area contributed by atoms with Crippen molar-refractivity contribution in [1.29, 1.82) is 0 Å². The van der Waals surface area contributed by atoms with Gasteiger partial charge in [-0.2, -0.15) is 5.10 Å². The van der Waals surface area contributed by atoms with Crippen molar-refractivity contribution in [2.45, 2.75) is 31.7 Å². The molecule has 3 rings (SSSR count). The van der Waals surface area contributed by atoms with Crippen LogP contribution in [0.4, 0.5) is 5.69 Å². The molecule has 1 aromatic heterocycles. The SMILES string of the molecule is C=N/C(=N\C)Nc1cnn(C2CCN(C(=O)C3CC3)CC2)c1. The highest BCUT2D eigenvalue weighted by Gasteiger charge is 2.35. The lowest BCUT2D eigenvalue weighted by Crippen LogP contribution is -2.39. The van der Waals surface area contributed by atoms with E-state index < -0.39 is 0 Å². The number of hydrogen-bond donors (Lipinski definition) is 1. The van der Waals surface area contributed by atoms with Crippen molar-refractivity contribution >= 4 is 24.3 Å². The predicted octanol–water partition coefficient (Wildman–Crippen LogP) is 1.55. The number of amides is 1. The number of hydrogen-bond acceptors (Lipinski definition) is 3. The van der Waals surface area contributed by atoms with Gasteiger partial charge in [0.2, 0.25) is 11.9 Å². The first-order chi connectivity index (χ1) is 10.7. The molecule has 0 atom stereocenters. The van der Waals surface area contributed by atoms with Gasteiger partial charge in [0.25, 0.3) is 0 Å². The number of anilines is 1. The van der Waals surface area contributed by atoms with Crippen LogP contribution in [0.15, 0.2) is 22.4 Å². The topological polar surface area (TPSA) is 74.9 Å².